The van der Waals surface area contributed by atoms with E-state index in [2.05, 4.69) is 10.3 Å². The summed E-state index contributed by atoms with van der Waals surface area (Å²) in [6, 6.07) is 14.6. The van der Waals surface area contributed by atoms with Crippen LogP contribution in [0.5, 0.6) is 0 Å². The predicted octanol–water partition coefficient (Wildman–Crippen LogP) is 3.58. The maximum Gasteiger partial charge on any atom is 0.170 e. The van der Waals surface area contributed by atoms with Crippen LogP contribution in [0.2, 0.25) is 0 Å². The average molecular weight is 290 g/mol. The van der Waals surface area contributed by atoms with Gasteiger partial charge in [0.1, 0.15) is 11.5 Å². The summed E-state index contributed by atoms with van der Waals surface area (Å²) in [5.41, 5.74) is 0.520. The van der Waals surface area contributed by atoms with Crippen LogP contribution in [0.3, 0.4) is 0 Å². The quantitative estimate of drug-likeness (QED) is 0.298. The third kappa shape index (κ3) is 3.36. The van der Waals surface area contributed by atoms with Crippen LogP contribution in [-0.2, 0) is 0 Å². The highest BCUT2D eigenvalue weighted by Crippen LogP contribution is 2.22. The summed E-state index contributed by atoms with van der Waals surface area (Å²) in [7, 11) is 0. The summed E-state index contributed by atoms with van der Waals surface area (Å²) < 4.78 is 12.9. The smallest absolute Gasteiger partial charge is 0.170 e. The lowest BCUT2D eigenvalue weighted by molar-refractivity contribution is 0.315. The zero-order valence-electron chi connectivity index (χ0n) is 10.3. The van der Waals surface area contributed by atoms with E-state index in [1.165, 1.54) is 24.3 Å². The minimum atomic E-state index is -0.399. The van der Waals surface area contributed by atoms with Crippen molar-refractivity contribution in [2.75, 3.05) is 0 Å². The van der Waals surface area contributed by atoms with Crippen molar-refractivity contribution in [3.05, 3.63) is 66.0 Å². The van der Waals surface area contributed by atoms with E-state index in [-0.39, 0.29) is 10.8 Å². The van der Waals surface area contributed by atoms with E-state index in [4.69, 9.17) is 10.4 Å². The van der Waals surface area contributed by atoms with Crippen LogP contribution < -0.4 is 0 Å². The molecule has 0 saturated heterocycles. The van der Waals surface area contributed by atoms with Gasteiger partial charge in [-0.2, -0.15) is 0 Å². The molecule has 102 valence electrons. The minimum absolute atomic E-state index is 0.0707. The summed E-state index contributed by atoms with van der Waals surface area (Å²) >= 11 is 1.14. The number of oxime groups is 2. The second kappa shape index (κ2) is 6.72. The van der Waals surface area contributed by atoms with E-state index in [1.54, 1.807) is 0 Å². The van der Waals surface area contributed by atoms with Crippen LogP contribution in [0.4, 0.5) is 4.39 Å². The van der Waals surface area contributed by atoms with Crippen molar-refractivity contribution in [1.82, 2.24) is 0 Å². The summed E-state index contributed by atoms with van der Waals surface area (Å²) in [6.45, 7) is 0. The van der Waals surface area contributed by atoms with Crippen LogP contribution >= 0.6 is 11.8 Å². The Morgan fingerprint density at radius 3 is 2.10 bits per heavy atom. The van der Waals surface area contributed by atoms with Crippen molar-refractivity contribution in [2.24, 2.45) is 10.3 Å². The normalized spacial score (nSPS) is 12.4. The molecule has 0 unspecified atom stereocenters. The first kappa shape index (κ1) is 14.1. The van der Waals surface area contributed by atoms with Gasteiger partial charge in [0, 0.05) is 10.5 Å². The molecular formula is C14H11FN2O2S. The van der Waals surface area contributed by atoms with E-state index in [1.807, 2.05) is 30.3 Å². The van der Waals surface area contributed by atoms with Crippen molar-refractivity contribution >= 4 is 22.5 Å². The monoisotopic (exact) mass is 290 g/mol. The standard InChI is InChI=1S/C14H11FN2O2S/c15-11-8-6-10(7-9-11)13(16-18)14(17-19)20-12-4-2-1-3-5-12/h1-9,18-19H. The van der Waals surface area contributed by atoms with Gasteiger partial charge in [0.25, 0.3) is 0 Å². The number of nitrogens with zero attached hydrogens (tertiary/aromatic N) is 2. The maximum atomic E-state index is 12.9. The lowest BCUT2D eigenvalue weighted by Gasteiger charge is -2.06. The van der Waals surface area contributed by atoms with E-state index in [0.717, 1.165) is 16.7 Å². The largest absolute Gasteiger partial charge is 0.410 e. The Labute approximate surface area is 119 Å². The first-order valence-corrected chi connectivity index (χ1v) is 6.49. The van der Waals surface area contributed by atoms with Crippen molar-refractivity contribution in [3.8, 4) is 0 Å². The van der Waals surface area contributed by atoms with Gasteiger partial charge in [0.2, 0.25) is 0 Å². The Hall–Kier alpha value is -2.34. The molecule has 2 rings (SSSR count). The Bertz CT molecular complexity index is 627. The molecule has 2 N–H and O–H groups in total. The lowest BCUT2D eigenvalue weighted by atomic mass is 10.1. The summed E-state index contributed by atoms with van der Waals surface area (Å²) in [5.74, 6) is -0.399. The van der Waals surface area contributed by atoms with Gasteiger partial charge in [-0.25, -0.2) is 4.39 Å². The molecule has 20 heavy (non-hydrogen) atoms. The maximum absolute atomic E-state index is 12.9. The van der Waals surface area contributed by atoms with Crippen LogP contribution in [0.15, 0.2) is 69.8 Å². The highest BCUT2D eigenvalue weighted by atomic mass is 32.2. The number of hydrogen-bond acceptors (Lipinski definition) is 5. The number of rotatable bonds is 3. The van der Waals surface area contributed by atoms with Crippen LogP contribution in [-0.4, -0.2) is 21.2 Å². The Morgan fingerprint density at radius 2 is 1.55 bits per heavy atom. The van der Waals surface area contributed by atoms with Gasteiger partial charge in [0.05, 0.1) is 0 Å². The van der Waals surface area contributed by atoms with Gasteiger partial charge in [-0.15, -0.1) is 0 Å². The third-order valence-corrected chi connectivity index (χ3v) is 3.45. The van der Waals surface area contributed by atoms with E-state index < -0.39 is 5.82 Å². The molecule has 0 atom stereocenters. The predicted molar refractivity (Wildman–Crippen MR) is 76.2 cm³/mol. The first-order valence-electron chi connectivity index (χ1n) is 5.68. The van der Waals surface area contributed by atoms with Crippen LogP contribution in [0.25, 0.3) is 0 Å². The molecule has 0 aliphatic carbocycles. The first-order chi connectivity index (χ1) is 9.74. The molecule has 0 amide bonds. The molecule has 0 bridgehead atoms. The van der Waals surface area contributed by atoms with E-state index in [0.29, 0.717) is 5.56 Å². The van der Waals surface area contributed by atoms with Gasteiger partial charge in [0.15, 0.2) is 5.04 Å². The van der Waals surface area contributed by atoms with Gasteiger partial charge >= 0.3 is 0 Å². The van der Waals surface area contributed by atoms with Gasteiger partial charge in [-0.3, -0.25) is 0 Å². The molecule has 0 fully saturated rings. The highest BCUT2D eigenvalue weighted by molar-refractivity contribution is 8.15. The Kier molecular flexibility index (Phi) is 4.73. The molecule has 6 heteroatoms. The summed E-state index contributed by atoms with van der Waals surface area (Å²) in [4.78, 5) is 0.823. The molecule has 0 radical (unpaired) electrons. The molecule has 0 saturated carbocycles. The SMILES string of the molecule is ON=C(Sc1ccccc1)C(=NO)c1ccc(F)cc1. The van der Waals surface area contributed by atoms with Gasteiger partial charge in [-0.05, 0) is 36.4 Å². The van der Waals surface area contributed by atoms with Gasteiger partial charge < -0.3 is 10.4 Å². The molecule has 2 aromatic rings. The molecule has 0 spiro atoms. The van der Waals surface area contributed by atoms with Gasteiger partial charge in [-0.1, -0.05) is 40.3 Å². The van der Waals surface area contributed by atoms with Crippen molar-refractivity contribution in [1.29, 1.82) is 0 Å². The topological polar surface area (TPSA) is 65.2 Å². The Balaban J connectivity index is 2.28. The minimum Gasteiger partial charge on any atom is -0.410 e. The number of hydrogen-bond donors (Lipinski definition) is 2. The second-order valence-electron chi connectivity index (χ2n) is 3.78. The second-order valence-corrected chi connectivity index (χ2v) is 4.84. The third-order valence-electron chi connectivity index (χ3n) is 2.47. The number of benzene rings is 2. The zero-order chi connectivity index (χ0) is 14.4. The number of thioether (sulfide) groups is 1. The molecule has 2 aromatic carbocycles. The molecule has 4 nitrogen and oxygen atoms in total. The van der Waals surface area contributed by atoms with E-state index >= 15 is 0 Å². The Morgan fingerprint density at radius 1 is 0.900 bits per heavy atom. The molecule has 0 aromatic heterocycles. The molecular weight excluding hydrogens is 279 g/mol. The highest BCUT2D eigenvalue weighted by Gasteiger charge is 2.15. The van der Waals surface area contributed by atoms with E-state index in [9.17, 15) is 4.39 Å². The molecule has 0 heterocycles. The zero-order valence-corrected chi connectivity index (χ0v) is 11.1. The number of halogens is 1. The lowest BCUT2D eigenvalue weighted by Crippen LogP contribution is -2.12. The van der Waals surface area contributed by atoms with Crippen LogP contribution in [0.1, 0.15) is 5.56 Å². The van der Waals surface area contributed by atoms with Crippen molar-refractivity contribution < 1.29 is 14.8 Å². The summed E-state index contributed by atoms with van der Waals surface area (Å²) in [5, 5.41) is 24.6. The summed E-state index contributed by atoms with van der Waals surface area (Å²) in [6.07, 6.45) is 0. The fourth-order valence-electron chi connectivity index (χ4n) is 1.55. The molecule has 0 aliphatic heterocycles. The molecule has 0 aliphatic rings. The van der Waals surface area contributed by atoms with Crippen molar-refractivity contribution in [3.63, 3.8) is 0 Å². The fraction of sp³-hybridized carbons (Fsp3) is 0. The average Bonchev–Trinajstić information content (AvgIpc) is 2.49. The van der Waals surface area contributed by atoms with Crippen molar-refractivity contribution in [2.45, 2.75) is 4.90 Å². The van der Waals surface area contributed by atoms with Crippen LogP contribution in [0, 0.1) is 5.82 Å². The fourth-order valence-corrected chi connectivity index (χ4v) is 2.36.